The van der Waals surface area contributed by atoms with Gasteiger partial charge in [0, 0.05) is 32.1 Å². The van der Waals surface area contributed by atoms with Crippen LogP contribution < -0.4 is 11.3 Å². The van der Waals surface area contributed by atoms with E-state index in [-0.39, 0.29) is 5.91 Å². The number of hydrogen-bond acceptors (Lipinski definition) is 4. The first kappa shape index (κ1) is 13.4. The Kier molecular flexibility index (Phi) is 5.73. The molecular weight excluding hydrogens is 204 g/mol. The summed E-state index contributed by atoms with van der Waals surface area (Å²) in [6, 6.07) is 0.627. The van der Waals surface area contributed by atoms with Crippen LogP contribution in [0.4, 0.5) is 0 Å². The lowest BCUT2D eigenvalue weighted by molar-refractivity contribution is -0.121. The van der Waals surface area contributed by atoms with E-state index in [9.17, 15) is 4.79 Å². The molecule has 0 radical (unpaired) electrons. The summed E-state index contributed by atoms with van der Waals surface area (Å²) in [5, 5.41) is 0. The van der Waals surface area contributed by atoms with Crippen LogP contribution in [0, 0.1) is 0 Å². The van der Waals surface area contributed by atoms with Gasteiger partial charge < -0.3 is 4.90 Å². The summed E-state index contributed by atoms with van der Waals surface area (Å²) in [5.41, 5.74) is 2.16. The molecule has 1 amide bonds. The molecule has 0 bridgehead atoms. The third-order valence-electron chi connectivity index (χ3n) is 3.23. The van der Waals surface area contributed by atoms with Gasteiger partial charge in [0.25, 0.3) is 0 Å². The average Bonchev–Trinajstić information content (AvgIpc) is 2.26. The minimum Gasteiger partial charge on any atom is -0.304 e. The van der Waals surface area contributed by atoms with Crippen molar-refractivity contribution in [1.29, 1.82) is 0 Å². The number of hydrogen-bond donors (Lipinski definition) is 2. The fourth-order valence-electron chi connectivity index (χ4n) is 2.18. The van der Waals surface area contributed by atoms with Crippen LogP contribution in [0.2, 0.25) is 0 Å². The second-order valence-electron chi connectivity index (χ2n) is 4.67. The number of carbonyl (C=O) groups excluding carboxylic acids is 1. The lowest BCUT2D eigenvalue weighted by Gasteiger charge is -2.38. The number of rotatable bonds is 5. The van der Waals surface area contributed by atoms with Crippen molar-refractivity contribution in [1.82, 2.24) is 15.2 Å². The monoisotopic (exact) mass is 228 g/mol. The molecule has 5 heteroatoms. The molecule has 1 saturated heterocycles. The minimum absolute atomic E-state index is 0.0635. The Morgan fingerprint density at radius 2 is 2.19 bits per heavy atom. The standard InChI is InChI=1S/C11H24N4O/c1-10-9-14(2)7-8-15(10)6-4-3-5-11(16)13-12/h10H,3-9,12H2,1-2H3,(H,13,16). The number of nitrogens with two attached hydrogens (primary N) is 1. The molecule has 16 heavy (non-hydrogen) atoms. The third kappa shape index (κ3) is 4.47. The molecule has 1 unspecified atom stereocenters. The van der Waals surface area contributed by atoms with Crippen LogP contribution >= 0.6 is 0 Å². The lowest BCUT2D eigenvalue weighted by Crippen LogP contribution is -2.50. The van der Waals surface area contributed by atoms with Crippen molar-refractivity contribution in [2.75, 3.05) is 33.2 Å². The molecule has 1 fully saturated rings. The van der Waals surface area contributed by atoms with Gasteiger partial charge in [0.15, 0.2) is 0 Å². The molecule has 1 atom stereocenters. The van der Waals surface area contributed by atoms with Crippen molar-refractivity contribution in [3.63, 3.8) is 0 Å². The van der Waals surface area contributed by atoms with Gasteiger partial charge >= 0.3 is 0 Å². The first-order valence-electron chi connectivity index (χ1n) is 6.05. The van der Waals surface area contributed by atoms with Crippen LogP contribution in [0.3, 0.4) is 0 Å². The second-order valence-corrected chi connectivity index (χ2v) is 4.67. The van der Waals surface area contributed by atoms with Gasteiger partial charge in [0.05, 0.1) is 0 Å². The molecule has 1 heterocycles. The minimum atomic E-state index is -0.0635. The normalized spacial score (nSPS) is 23.3. The highest BCUT2D eigenvalue weighted by molar-refractivity contribution is 5.75. The van der Waals surface area contributed by atoms with Crippen LogP contribution in [-0.2, 0) is 4.79 Å². The second kappa shape index (κ2) is 6.83. The Hall–Kier alpha value is -0.650. The van der Waals surface area contributed by atoms with Crippen molar-refractivity contribution in [2.45, 2.75) is 32.2 Å². The third-order valence-corrected chi connectivity index (χ3v) is 3.23. The van der Waals surface area contributed by atoms with E-state index in [4.69, 9.17) is 5.84 Å². The summed E-state index contributed by atoms with van der Waals surface area (Å²) >= 11 is 0. The Balaban J connectivity index is 2.11. The lowest BCUT2D eigenvalue weighted by atomic mass is 10.1. The summed E-state index contributed by atoms with van der Waals surface area (Å²) in [7, 11) is 2.17. The number of likely N-dealkylation sites (N-methyl/N-ethyl adjacent to an activating group) is 1. The van der Waals surface area contributed by atoms with E-state index in [1.165, 1.54) is 0 Å². The van der Waals surface area contributed by atoms with Crippen LogP contribution in [0.5, 0.6) is 0 Å². The fraction of sp³-hybridized carbons (Fsp3) is 0.909. The molecule has 0 aromatic heterocycles. The van der Waals surface area contributed by atoms with Gasteiger partial charge in [0.2, 0.25) is 5.91 Å². The van der Waals surface area contributed by atoms with Gasteiger partial charge in [-0.05, 0) is 33.4 Å². The highest BCUT2D eigenvalue weighted by Gasteiger charge is 2.20. The maximum Gasteiger partial charge on any atom is 0.233 e. The van der Waals surface area contributed by atoms with Crippen LogP contribution in [0.25, 0.3) is 0 Å². The van der Waals surface area contributed by atoms with E-state index >= 15 is 0 Å². The highest BCUT2D eigenvalue weighted by atomic mass is 16.2. The van der Waals surface area contributed by atoms with Gasteiger partial charge in [-0.15, -0.1) is 0 Å². The van der Waals surface area contributed by atoms with E-state index in [1.807, 2.05) is 0 Å². The molecule has 0 aromatic carbocycles. The molecule has 1 aliphatic heterocycles. The SMILES string of the molecule is CC1CN(C)CCN1CCCCC(=O)NN. The van der Waals surface area contributed by atoms with Crippen LogP contribution in [-0.4, -0.2) is 55.0 Å². The van der Waals surface area contributed by atoms with E-state index in [0.29, 0.717) is 12.5 Å². The molecule has 1 rings (SSSR count). The van der Waals surface area contributed by atoms with Crippen molar-refractivity contribution in [3.8, 4) is 0 Å². The Labute approximate surface area is 97.9 Å². The zero-order valence-corrected chi connectivity index (χ0v) is 10.4. The van der Waals surface area contributed by atoms with E-state index in [2.05, 4.69) is 29.2 Å². The number of nitrogens with one attached hydrogen (secondary N) is 1. The van der Waals surface area contributed by atoms with Crippen molar-refractivity contribution >= 4 is 5.91 Å². The molecule has 5 nitrogen and oxygen atoms in total. The maximum atomic E-state index is 10.9. The molecule has 1 aliphatic rings. The number of carbonyl (C=O) groups is 1. The highest BCUT2D eigenvalue weighted by Crippen LogP contribution is 2.09. The number of amides is 1. The summed E-state index contributed by atoms with van der Waals surface area (Å²) in [4.78, 5) is 15.8. The molecule has 3 N–H and O–H groups in total. The summed E-state index contributed by atoms with van der Waals surface area (Å²) in [5.74, 6) is 4.96. The van der Waals surface area contributed by atoms with E-state index in [0.717, 1.165) is 39.0 Å². The Morgan fingerprint density at radius 3 is 2.81 bits per heavy atom. The van der Waals surface area contributed by atoms with E-state index < -0.39 is 0 Å². The fourth-order valence-corrected chi connectivity index (χ4v) is 2.18. The molecule has 0 saturated carbocycles. The topological polar surface area (TPSA) is 61.6 Å². The largest absolute Gasteiger partial charge is 0.304 e. The number of piperazine rings is 1. The zero-order chi connectivity index (χ0) is 12.0. The Bertz CT molecular complexity index is 222. The number of nitrogens with zero attached hydrogens (tertiary/aromatic N) is 2. The quantitative estimate of drug-likeness (QED) is 0.296. The van der Waals surface area contributed by atoms with Crippen molar-refractivity contribution in [2.24, 2.45) is 5.84 Å². The van der Waals surface area contributed by atoms with Gasteiger partial charge in [-0.2, -0.15) is 0 Å². The van der Waals surface area contributed by atoms with Crippen molar-refractivity contribution in [3.05, 3.63) is 0 Å². The van der Waals surface area contributed by atoms with Gasteiger partial charge in [-0.1, -0.05) is 0 Å². The summed E-state index contributed by atoms with van der Waals surface area (Å²) in [6.07, 6.45) is 2.53. The van der Waals surface area contributed by atoms with Crippen LogP contribution in [0.15, 0.2) is 0 Å². The zero-order valence-electron chi connectivity index (χ0n) is 10.4. The predicted octanol–water partition coefficient (Wildman–Crippen LogP) is -0.217. The van der Waals surface area contributed by atoms with Gasteiger partial charge in [-0.25, -0.2) is 5.84 Å². The number of unbranched alkanes of at least 4 members (excludes halogenated alkanes) is 1. The molecule has 94 valence electrons. The van der Waals surface area contributed by atoms with Crippen LogP contribution in [0.1, 0.15) is 26.2 Å². The Morgan fingerprint density at radius 1 is 1.44 bits per heavy atom. The molecular formula is C11H24N4O. The summed E-state index contributed by atoms with van der Waals surface area (Å²) in [6.45, 7) is 6.78. The van der Waals surface area contributed by atoms with Gasteiger partial charge in [-0.3, -0.25) is 15.1 Å². The van der Waals surface area contributed by atoms with Crippen molar-refractivity contribution < 1.29 is 4.79 Å². The molecule has 0 spiro atoms. The molecule has 0 aliphatic carbocycles. The average molecular weight is 228 g/mol. The smallest absolute Gasteiger partial charge is 0.233 e. The molecule has 0 aromatic rings. The first-order chi connectivity index (χ1) is 7.63. The number of hydrazine groups is 1. The first-order valence-corrected chi connectivity index (χ1v) is 6.05. The van der Waals surface area contributed by atoms with E-state index in [1.54, 1.807) is 0 Å². The maximum absolute atomic E-state index is 10.9. The predicted molar refractivity (Wildman–Crippen MR) is 64.7 cm³/mol. The van der Waals surface area contributed by atoms with Gasteiger partial charge in [0.1, 0.15) is 0 Å². The summed E-state index contributed by atoms with van der Waals surface area (Å²) < 4.78 is 0.